The van der Waals surface area contributed by atoms with E-state index in [2.05, 4.69) is 4.74 Å². The summed E-state index contributed by atoms with van der Waals surface area (Å²) in [6.45, 7) is 0.0612. The van der Waals surface area contributed by atoms with Crippen LogP contribution in [0.1, 0.15) is 24.8 Å². The zero-order chi connectivity index (χ0) is 17.5. The molecule has 8 heteroatoms. The largest absolute Gasteiger partial charge is 0.573 e. The molecule has 2 aliphatic rings. The lowest BCUT2D eigenvalue weighted by Gasteiger charge is -2.31. The van der Waals surface area contributed by atoms with Crippen molar-refractivity contribution < 1.29 is 22.7 Å². The molecule has 2 N–H and O–H groups in total. The summed E-state index contributed by atoms with van der Waals surface area (Å²) in [6.07, 6.45) is -1.69. The van der Waals surface area contributed by atoms with Gasteiger partial charge in [0.05, 0.1) is 5.92 Å². The molecule has 3 rings (SSSR count). The topological polar surface area (TPSA) is 55.6 Å². The quantitative estimate of drug-likeness (QED) is 0.874. The highest BCUT2D eigenvalue weighted by molar-refractivity contribution is 5.85. The zero-order valence-electron chi connectivity index (χ0n) is 13.8. The summed E-state index contributed by atoms with van der Waals surface area (Å²) in [7, 11) is 1.60. The Morgan fingerprint density at radius 3 is 2.52 bits per heavy atom. The third-order valence-electron chi connectivity index (χ3n) is 5.25. The third kappa shape index (κ3) is 4.20. The second-order valence-electron chi connectivity index (χ2n) is 6.79. The Balaban J connectivity index is 0.00000225. The highest BCUT2D eigenvalue weighted by Crippen LogP contribution is 2.48. The first-order valence-corrected chi connectivity index (χ1v) is 8.10. The molecule has 1 aromatic carbocycles. The van der Waals surface area contributed by atoms with Crippen LogP contribution in [-0.4, -0.2) is 30.3 Å². The van der Waals surface area contributed by atoms with Crippen molar-refractivity contribution in [1.29, 1.82) is 0 Å². The first-order valence-electron chi connectivity index (χ1n) is 8.10. The van der Waals surface area contributed by atoms with E-state index in [1.807, 2.05) is 0 Å². The Labute approximate surface area is 150 Å². The smallest absolute Gasteiger partial charge is 0.405 e. The molecule has 140 valence electrons. The molecule has 25 heavy (non-hydrogen) atoms. The summed E-state index contributed by atoms with van der Waals surface area (Å²) in [4.78, 5) is 14.2. The van der Waals surface area contributed by atoms with E-state index in [1.54, 1.807) is 13.1 Å². The summed E-state index contributed by atoms with van der Waals surface area (Å²) < 4.78 is 41.5. The van der Waals surface area contributed by atoms with Gasteiger partial charge in [0, 0.05) is 25.2 Å². The summed E-state index contributed by atoms with van der Waals surface area (Å²) in [5.74, 6) is 0.127. The highest BCUT2D eigenvalue weighted by atomic mass is 35.5. The summed E-state index contributed by atoms with van der Waals surface area (Å²) in [5, 5.41) is 0. The fraction of sp³-hybridized carbons (Fsp3) is 0.588. The van der Waals surface area contributed by atoms with Crippen LogP contribution < -0.4 is 10.5 Å². The molecule has 0 aliphatic heterocycles. The lowest BCUT2D eigenvalue weighted by atomic mass is 9.84. The van der Waals surface area contributed by atoms with Crippen LogP contribution in [0.5, 0.6) is 5.75 Å². The van der Waals surface area contributed by atoms with Gasteiger partial charge in [0.15, 0.2) is 0 Å². The van der Waals surface area contributed by atoms with E-state index in [9.17, 15) is 18.0 Å². The van der Waals surface area contributed by atoms with Crippen LogP contribution in [0, 0.1) is 17.8 Å². The first kappa shape index (κ1) is 19.8. The van der Waals surface area contributed by atoms with E-state index < -0.39 is 6.36 Å². The molecule has 2 saturated carbocycles. The van der Waals surface area contributed by atoms with E-state index in [1.165, 1.54) is 23.1 Å². The fourth-order valence-corrected chi connectivity index (χ4v) is 4.15. The molecule has 0 spiro atoms. The van der Waals surface area contributed by atoms with Crippen molar-refractivity contribution in [2.45, 2.75) is 38.2 Å². The maximum Gasteiger partial charge on any atom is 0.573 e. The molecule has 4 nitrogen and oxygen atoms in total. The Hall–Kier alpha value is -1.47. The predicted octanol–water partition coefficient (Wildman–Crippen LogP) is 3.34. The molecule has 1 amide bonds. The average Bonchev–Trinajstić information content (AvgIpc) is 3.08. The Kier molecular flexibility index (Phi) is 5.89. The van der Waals surface area contributed by atoms with Gasteiger partial charge in [0.2, 0.25) is 5.91 Å². The summed E-state index contributed by atoms with van der Waals surface area (Å²) >= 11 is 0. The van der Waals surface area contributed by atoms with Crippen LogP contribution in [0.2, 0.25) is 0 Å². The number of halogens is 4. The number of hydrogen-bond donors (Lipinski definition) is 1. The number of nitrogens with zero attached hydrogens (tertiary/aromatic N) is 1. The number of carbonyl (C=O) groups is 1. The molecule has 0 saturated heterocycles. The van der Waals surface area contributed by atoms with Gasteiger partial charge in [-0.15, -0.1) is 25.6 Å². The predicted molar refractivity (Wildman–Crippen MR) is 89.1 cm³/mol. The van der Waals surface area contributed by atoms with Crippen LogP contribution >= 0.6 is 12.4 Å². The van der Waals surface area contributed by atoms with E-state index in [0.717, 1.165) is 19.3 Å². The SMILES string of the molecule is CN(Cc1ccccc1OC(F)(F)F)C(=O)C1C2CCC(C2)C1N.Cl. The molecule has 0 aromatic heterocycles. The van der Waals surface area contributed by atoms with Crippen molar-refractivity contribution in [3.63, 3.8) is 0 Å². The number of ether oxygens (including phenoxy) is 1. The fourth-order valence-electron chi connectivity index (χ4n) is 4.15. The van der Waals surface area contributed by atoms with Gasteiger partial charge < -0.3 is 15.4 Å². The average molecular weight is 379 g/mol. The number of nitrogens with two attached hydrogens (primary N) is 1. The van der Waals surface area contributed by atoms with Crippen LogP contribution in [0.4, 0.5) is 13.2 Å². The van der Waals surface area contributed by atoms with Gasteiger partial charge in [-0.1, -0.05) is 18.2 Å². The van der Waals surface area contributed by atoms with Gasteiger partial charge >= 0.3 is 6.36 Å². The number of fused-ring (bicyclic) bond motifs is 2. The van der Waals surface area contributed by atoms with Crippen LogP contribution in [0.3, 0.4) is 0 Å². The monoisotopic (exact) mass is 378 g/mol. The van der Waals surface area contributed by atoms with Crippen LogP contribution in [-0.2, 0) is 11.3 Å². The molecule has 4 unspecified atom stereocenters. The van der Waals surface area contributed by atoms with Crippen molar-refractivity contribution in [2.24, 2.45) is 23.5 Å². The Bertz CT molecular complexity index is 624. The molecule has 0 radical (unpaired) electrons. The second-order valence-corrected chi connectivity index (χ2v) is 6.79. The maximum absolute atomic E-state index is 12.7. The molecule has 1 aromatic rings. The zero-order valence-corrected chi connectivity index (χ0v) is 14.6. The standard InChI is InChI=1S/C17H21F3N2O2.ClH/c1-22(16(23)14-10-6-7-11(8-10)15(14)21)9-12-4-2-3-5-13(12)24-17(18,19)20;/h2-5,10-11,14-15H,6-9,21H2,1H3;1H. The van der Waals surface area contributed by atoms with Gasteiger partial charge in [-0.2, -0.15) is 0 Å². The minimum absolute atomic E-state index is 0. The van der Waals surface area contributed by atoms with Gasteiger partial charge in [-0.05, 0) is 37.2 Å². The van der Waals surface area contributed by atoms with Crippen molar-refractivity contribution >= 4 is 18.3 Å². The molecule has 4 atom stereocenters. The van der Waals surface area contributed by atoms with Crippen molar-refractivity contribution in [1.82, 2.24) is 4.90 Å². The first-order chi connectivity index (χ1) is 11.3. The lowest BCUT2D eigenvalue weighted by Crippen LogP contribution is -2.45. The molecule has 0 heterocycles. The maximum atomic E-state index is 12.7. The van der Waals surface area contributed by atoms with Gasteiger partial charge in [-0.3, -0.25) is 4.79 Å². The third-order valence-corrected chi connectivity index (χ3v) is 5.25. The molecule has 2 bridgehead atoms. The van der Waals surface area contributed by atoms with E-state index >= 15 is 0 Å². The highest BCUT2D eigenvalue weighted by Gasteiger charge is 2.49. The van der Waals surface area contributed by atoms with Gasteiger partial charge in [-0.25, -0.2) is 0 Å². The van der Waals surface area contributed by atoms with E-state index in [-0.39, 0.29) is 42.6 Å². The molecule has 2 aliphatic carbocycles. The lowest BCUT2D eigenvalue weighted by molar-refractivity contribution is -0.275. The molecular formula is C17H22ClF3N2O2. The number of amides is 1. The number of para-hydroxylation sites is 1. The summed E-state index contributed by atoms with van der Waals surface area (Å²) in [6, 6.07) is 5.74. The van der Waals surface area contributed by atoms with Crippen molar-refractivity contribution in [2.75, 3.05) is 7.05 Å². The van der Waals surface area contributed by atoms with Crippen LogP contribution in [0.25, 0.3) is 0 Å². The number of carbonyl (C=O) groups excluding carboxylic acids is 1. The Morgan fingerprint density at radius 2 is 1.92 bits per heavy atom. The molecule has 2 fully saturated rings. The van der Waals surface area contributed by atoms with Gasteiger partial charge in [0.1, 0.15) is 5.75 Å². The van der Waals surface area contributed by atoms with E-state index in [4.69, 9.17) is 5.73 Å². The number of alkyl halides is 3. The number of hydrogen-bond acceptors (Lipinski definition) is 3. The van der Waals surface area contributed by atoms with Gasteiger partial charge in [0.25, 0.3) is 0 Å². The summed E-state index contributed by atoms with van der Waals surface area (Å²) in [5.41, 5.74) is 6.51. The minimum Gasteiger partial charge on any atom is -0.405 e. The Morgan fingerprint density at radius 1 is 1.28 bits per heavy atom. The van der Waals surface area contributed by atoms with Crippen LogP contribution in [0.15, 0.2) is 24.3 Å². The second kappa shape index (κ2) is 7.41. The number of rotatable bonds is 4. The normalized spacial score (nSPS) is 27.7. The van der Waals surface area contributed by atoms with Crippen molar-refractivity contribution in [3.8, 4) is 5.75 Å². The number of benzene rings is 1. The van der Waals surface area contributed by atoms with Crippen molar-refractivity contribution in [3.05, 3.63) is 29.8 Å². The molecular weight excluding hydrogens is 357 g/mol. The van der Waals surface area contributed by atoms with E-state index in [0.29, 0.717) is 17.4 Å². The minimum atomic E-state index is -4.76.